The summed E-state index contributed by atoms with van der Waals surface area (Å²) < 4.78 is 0. The number of piperidine rings is 1. The summed E-state index contributed by atoms with van der Waals surface area (Å²) in [5.41, 5.74) is 0.753. The molecule has 0 aromatic rings. The summed E-state index contributed by atoms with van der Waals surface area (Å²) in [7, 11) is 3.77. The lowest BCUT2D eigenvalue weighted by Crippen LogP contribution is -2.57. The van der Waals surface area contributed by atoms with Gasteiger partial charge in [0.05, 0.1) is 5.92 Å². The molecule has 3 fully saturated rings. The smallest absolute Gasteiger partial charge is 0.226 e. The van der Waals surface area contributed by atoms with Crippen LogP contribution in [0.1, 0.15) is 44.9 Å². The third-order valence-electron chi connectivity index (χ3n) is 5.51. The Kier molecular flexibility index (Phi) is 3.13. The van der Waals surface area contributed by atoms with Gasteiger partial charge in [0, 0.05) is 26.7 Å². The van der Waals surface area contributed by atoms with Gasteiger partial charge in [-0.25, -0.2) is 0 Å². The number of hydrogen-bond donors (Lipinski definition) is 0. The number of nitrogens with zero attached hydrogens (tertiary/aromatic N) is 2. The zero-order chi connectivity index (χ0) is 12.8. The van der Waals surface area contributed by atoms with Gasteiger partial charge in [-0.05, 0) is 50.5 Å². The molecule has 3 nitrogen and oxygen atoms in total. The van der Waals surface area contributed by atoms with Crippen LogP contribution in [0.2, 0.25) is 0 Å². The van der Waals surface area contributed by atoms with Gasteiger partial charge in [0.15, 0.2) is 0 Å². The predicted octanol–water partition coefficient (Wildman–Crippen LogP) is 2.12. The zero-order valence-electron chi connectivity index (χ0n) is 11.8. The van der Waals surface area contributed by atoms with Crippen LogP contribution in [0, 0.1) is 11.3 Å². The highest BCUT2D eigenvalue weighted by molar-refractivity contribution is 5.78. The second-order valence-corrected chi connectivity index (χ2v) is 6.98. The lowest BCUT2D eigenvalue weighted by atomic mass is 9.53. The Bertz CT molecular complexity index is 327. The average molecular weight is 250 g/mol. The van der Waals surface area contributed by atoms with E-state index in [1.54, 1.807) is 4.90 Å². The van der Waals surface area contributed by atoms with Crippen LogP contribution in [-0.4, -0.2) is 48.9 Å². The summed E-state index contributed by atoms with van der Waals surface area (Å²) in [4.78, 5) is 16.4. The first-order valence-corrected chi connectivity index (χ1v) is 7.55. The van der Waals surface area contributed by atoms with Gasteiger partial charge in [-0.1, -0.05) is 6.42 Å². The van der Waals surface area contributed by atoms with Gasteiger partial charge in [0.25, 0.3) is 0 Å². The topological polar surface area (TPSA) is 23.6 Å². The highest BCUT2D eigenvalue weighted by atomic mass is 16.2. The van der Waals surface area contributed by atoms with Crippen molar-refractivity contribution < 1.29 is 4.79 Å². The molecule has 1 unspecified atom stereocenters. The van der Waals surface area contributed by atoms with Crippen LogP contribution in [0.4, 0.5) is 0 Å². The Balaban J connectivity index is 1.53. The summed E-state index contributed by atoms with van der Waals surface area (Å²) in [6.07, 6.45) is 9.51. The molecule has 0 radical (unpaired) electrons. The Morgan fingerprint density at radius 3 is 2.50 bits per heavy atom. The third-order valence-corrected chi connectivity index (χ3v) is 5.51. The molecule has 0 aromatic heterocycles. The number of likely N-dealkylation sites (tertiary alicyclic amines) is 1. The summed E-state index contributed by atoms with van der Waals surface area (Å²) in [5, 5.41) is 0. The van der Waals surface area contributed by atoms with Crippen molar-refractivity contribution in [3.05, 3.63) is 0 Å². The molecule has 18 heavy (non-hydrogen) atoms. The van der Waals surface area contributed by atoms with Crippen LogP contribution in [0.15, 0.2) is 0 Å². The first kappa shape index (κ1) is 12.5. The van der Waals surface area contributed by atoms with E-state index < -0.39 is 0 Å². The Hall–Kier alpha value is -0.570. The normalized spacial score (nSPS) is 31.8. The van der Waals surface area contributed by atoms with E-state index in [1.807, 2.05) is 14.1 Å². The molecule has 1 spiro atoms. The minimum absolute atomic E-state index is 0.256. The average Bonchev–Trinajstić information content (AvgIpc) is 2.24. The second-order valence-electron chi connectivity index (χ2n) is 6.98. The van der Waals surface area contributed by atoms with Gasteiger partial charge in [0.2, 0.25) is 5.91 Å². The summed E-state index contributed by atoms with van der Waals surface area (Å²) >= 11 is 0. The van der Waals surface area contributed by atoms with Crippen molar-refractivity contribution in [3.63, 3.8) is 0 Å². The van der Waals surface area contributed by atoms with Crippen molar-refractivity contribution in [2.45, 2.75) is 51.0 Å². The molecule has 1 aliphatic heterocycles. The minimum atomic E-state index is 0.256. The van der Waals surface area contributed by atoms with Crippen molar-refractivity contribution in [2.24, 2.45) is 11.3 Å². The van der Waals surface area contributed by atoms with Gasteiger partial charge in [-0.15, -0.1) is 0 Å². The number of hydrogen-bond acceptors (Lipinski definition) is 2. The van der Waals surface area contributed by atoms with Crippen LogP contribution < -0.4 is 0 Å². The maximum atomic E-state index is 12.1. The Labute approximate surface area is 111 Å². The van der Waals surface area contributed by atoms with E-state index in [9.17, 15) is 4.79 Å². The van der Waals surface area contributed by atoms with E-state index in [0.29, 0.717) is 5.91 Å². The van der Waals surface area contributed by atoms with Gasteiger partial charge in [-0.3, -0.25) is 9.69 Å². The van der Waals surface area contributed by atoms with Gasteiger partial charge < -0.3 is 4.90 Å². The van der Waals surface area contributed by atoms with E-state index in [1.165, 1.54) is 45.1 Å². The van der Waals surface area contributed by atoms with E-state index in [2.05, 4.69) is 4.90 Å². The van der Waals surface area contributed by atoms with E-state index in [0.717, 1.165) is 24.4 Å². The highest BCUT2D eigenvalue weighted by Gasteiger charge is 2.50. The van der Waals surface area contributed by atoms with E-state index in [4.69, 9.17) is 0 Å². The largest absolute Gasteiger partial charge is 0.349 e. The zero-order valence-corrected chi connectivity index (χ0v) is 11.8. The maximum absolute atomic E-state index is 12.1. The van der Waals surface area contributed by atoms with Gasteiger partial charge in [0.1, 0.15) is 0 Å². The maximum Gasteiger partial charge on any atom is 0.226 e. The predicted molar refractivity (Wildman–Crippen MR) is 72.3 cm³/mol. The summed E-state index contributed by atoms with van der Waals surface area (Å²) in [5.74, 6) is 0.587. The Morgan fingerprint density at radius 1 is 1.22 bits per heavy atom. The molecule has 2 aliphatic carbocycles. The van der Waals surface area contributed by atoms with E-state index >= 15 is 0 Å². The molecule has 1 amide bonds. The standard InChI is InChI=1S/C15H26N2O/c1-16(2)14(18)12-5-3-8-17(11-12)13-9-15(10-13)6-4-7-15/h12-13H,3-11H2,1-2H3. The number of rotatable bonds is 2. The number of amides is 1. The molecular weight excluding hydrogens is 224 g/mol. The quantitative estimate of drug-likeness (QED) is 0.749. The molecule has 3 rings (SSSR count). The minimum Gasteiger partial charge on any atom is -0.349 e. The van der Waals surface area contributed by atoms with Crippen molar-refractivity contribution in [1.82, 2.24) is 9.80 Å². The molecule has 3 aliphatic rings. The number of carbonyl (C=O) groups is 1. The molecule has 1 atom stereocenters. The fourth-order valence-electron chi connectivity index (χ4n) is 4.19. The Morgan fingerprint density at radius 2 is 1.94 bits per heavy atom. The second kappa shape index (κ2) is 4.52. The van der Waals surface area contributed by atoms with Crippen molar-refractivity contribution >= 4 is 5.91 Å². The summed E-state index contributed by atoms with van der Waals surface area (Å²) in [6, 6.07) is 0.795. The molecule has 1 heterocycles. The van der Waals surface area contributed by atoms with Crippen molar-refractivity contribution in [3.8, 4) is 0 Å². The van der Waals surface area contributed by atoms with E-state index in [-0.39, 0.29) is 5.92 Å². The van der Waals surface area contributed by atoms with Crippen molar-refractivity contribution in [1.29, 1.82) is 0 Å². The third kappa shape index (κ3) is 2.07. The molecule has 0 bridgehead atoms. The first-order valence-electron chi connectivity index (χ1n) is 7.55. The molecule has 102 valence electrons. The monoisotopic (exact) mass is 250 g/mol. The first-order chi connectivity index (χ1) is 8.60. The van der Waals surface area contributed by atoms with Crippen molar-refractivity contribution in [2.75, 3.05) is 27.2 Å². The van der Waals surface area contributed by atoms with Gasteiger partial charge >= 0.3 is 0 Å². The number of carbonyl (C=O) groups excluding carboxylic acids is 1. The SMILES string of the molecule is CN(C)C(=O)C1CCCN(C2CC3(CCC3)C2)C1. The lowest BCUT2D eigenvalue weighted by molar-refractivity contribution is -0.136. The fraction of sp³-hybridized carbons (Fsp3) is 0.933. The highest BCUT2D eigenvalue weighted by Crippen LogP contribution is 2.57. The lowest BCUT2D eigenvalue weighted by Gasteiger charge is -2.58. The van der Waals surface area contributed by atoms with Crippen LogP contribution >= 0.6 is 0 Å². The summed E-state index contributed by atoms with van der Waals surface area (Å²) in [6.45, 7) is 2.23. The molecule has 3 heteroatoms. The molecular formula is C15H26N2O. The molecule has 1 saturated heterocycles. The van der Waals surface area contributed by atoms with Crippen LogP contribution in [-0.2, 0) is 4.79 Å². The van der Waals surface area contributed by atoms with Crippen LogP contribution in [0.5, 0.6) is 0 Å². The van der Waals surface area contributed by atoms with Crippen LogP contribution in [0.3, 0.4) is 0 Å². The molecule has 2 saturated carbocycles. The van der Waals surface area contributed by atoms with Gasteiger partial charge in [-0.2, -0.15) is 0 Å². The molecule has 0 aromatic carbocycles. The van der Waals surface area contributed by atoms with Crippen LogP contribution in [0.25, 0.3) is 0 Å². The fourth-order valence-corrected chi connectivity index (χ4v) is 4.19. The molecule has 0 N–H and O–H groups in total.